The van der Waals surface area contributed by atoms with Gasteiger partial charge in [0.05, 0.1) is 19.7 Å². The maximum Gasteiger partial charge on any atom is 0.254 e. The van der Waals surface area contributed by atoms with E-state index in [-0.39, 0.29) is 11.8 Å². The van der Waals surface area contributed by atoms with Gasteiger partial charge in [0.1, 0.15) is 11.4 Å². The predicted molar refractivity (Wildman–Crippen MR) is 73.3 cm³/mol. The van der Waals surface area contributed by atoms with Crippen LogP contribution in [0.15, 0.2) is 24.3 Å². The van der Waals surface area contributed by atoms with E-state index < -0.39 is 5.60 Å². The molecule has 0 unspecified atom stereocenters. The van der Waals surface area contributed by atoms with Crippen LogP contribution in [0.1, 0.15) is 31.1 Å². The molecule has 2 rings (SSSR count). The van der Waals surface area contributed by atoms with E-state index in [1.807, 2.05) is 20.8 Å². The number of amides is 1. The van der Waals surface area contributed by atoms with Crippen molar-refractivity contribution in [1.29, 1.82) is 0 Å². The molecule has 0 aliphatic carbocycles. The highest BCUT2D eigenvalue weighted by atomic mass is 16.5. The molecule has 0 spiro atoms. The summed E-state index contributed by atoms with van der Waals surface area (Å²) in [6.45, 7) is 7.30. The number of carbonyl (C=O) groups is 1. The fourth-order valence-corrected chi connectivity index (χ4v) is 2.17. The van der Waals surface area contributed by atoms with Crippen molar-refractivity contribution < 1.29 is 14.6 Å². The van der Waals surface area contributed by atoms with E-state index in [2.05, 4.69) is 0 Å². The molecule has 104 valence electrons. The lowest BCUT2D eigenvalue weighted by atomic mass is 9.82. The number of benzene rings is 1. The zero-order valence-electron chi connectivity index (χ0n) is 11.7. The molecule has 1 aromatic carbocycles. The van der Waals surface area contributed by atoms with E-state index >= 15 is 0 Å². The fourth-order valence-electron chi connectivity index (χ4n) is 2.17. The van der Waals surface area contributed by atoms with E-state index in [4.69, 9.17) is 4.74 Å². The summed E-state index contributed by atoms with van der Waals surface area (Å²) >= 11 is 0. The highest BCUT2D eigenvalue weighted by Crippen LogP contribution is 2.29. The van der Waals surface area contributed by atoms with Crippen molar-refractivity contribution in [2.45, 2.75) is 26.4 Å². The molecule has 1 N–H and O–H groups in total. The number of aliphatic hydroxyl groups is 1. The maximum atomic E-state index is 12.2. The van der Waals surface area contributed by atoms with E-state index in [1.54, 1.807) is 29.2 Å². The lowest BCUT2D eigenvalue weighted by molar-refractivity contribution is -0.110. The molecule has 0 radical (unpaired) electrons. The average Bonchev–Trinajstić information content (AvgIpc) is 2.35. The Morgan fingerprint density at radius 3 is 2.42 bits per heavy atom. The first-order valence-electron chi connectivity index (χ1n) is 6.71. The second-order valence-electron chi connectivity index (χ2n) is 5.38. The van der Waals surface area contributed by atoms with Gasteiger partial charge in [0.25, 0.3) is 5.91 Å². The first-order valence-corrected chi connectivity index (χ1v) is 6.71. The number of nitrogens with zero attached hydrogens (tertiary/aromatic N) is 1. The highest BCUT2D eigenvalue weighted by molar-refractivity contribution is 5.95. The molecule has 1 aromatic rings. The summed E-state index contributed by atoms with van der Waals surface area (Å²) in [7, 11) is 0. The molecule has 1 heterocycles. The highest BCUT2D eigenvalue weighted by Gasteiger charge is 2.45. The van der Waals surface area contributed by atoms with Crippen LogP contribution in [0.3, 0.4) is 0 Å². The maximum absolute atomic E-state index is 12.2. The van der Waals surface area contributed by atoms with Crippen LogP contribution in [0, 0.1) is 5.92 Å². The molecule has 0 atom stereocenters. The van der Waals surface area contributed by atoms with Crippen LogP contribution in [0.2, 0.25) is 0 Å². The van der Waals surface area contributed by atoms with Gasteiger partial charge in [-0.2, -0.15) is 0 Å². The van der Waals surface area contributed by atoms with Crippen LogP contribution in [0.25, 0.3) is 0 Å². The van der Waals surface area contributed by atoms with Gasteiger partial charge in [0, 0.05) is 5.56 Å². The standard InChI is InChI=1S/C15H21NO3/c1-4-19-13-7-5-12(6-8-13)14(17)16-9-15(18,10-16)11(2)3/h5-8,11,18H,4,9-10H2,1-3H3. The minimum absolute atomic E-state index is 0.0339. The first-order chi connectivity index (χ1) is 8.96. The van der Waals surface area contributed by atoms with Gasteiger partial charge in [-0.3, -0.25) is 4.79 Å². The average molecular weight is 263 g/mol. The Hall–Kier alpha value is -1.55. The summed E-state index contributed by atoms with van der Waals surface area (Å²) in [5, 5.41) is 10.2. The Morgan fingerprint density at radius 1 is 1.37 bits per heavy atom. The monoisotopic (exact) mass is 263 g/mol. The van der Waals surface area contributed by atoms with Crippen LogP contribution >= 0.6 is 0 Å². The van der Waals surface area contributed by atoms with Crippen molar-refractivity contribution in [1.82, 2.24) is 4.90 Å². The number of hydrogen-bond donors (Lipinski definition) is 1. The summed E-state index contributed by atoms with van der Waals surface area (Å²) in [6.07, 6.45) is 0. The summed E-state index contributed by atoms with van der Waals surface area (Å²) in [6, 6.07) is 7.12. The molecule has 1 aliphatic rings. The SMILES string of the molecule is CCOc1ccc(C(=O)N2CC(O)(C(C)C)C2)cc1. The molecule has 1 saturated heterocycles. The smallest absolute Gasteiger partial charge is 0.254 e. The molecule has 1 aliphatic heterocycles. The van der Waals surface area contributed by atoms with Gasteiger partial charge in [-0.25, -0.2) is 0 Å². The molecule has 0 saturated carbocycles. The molecule has 0 bridgehead atoms. The van der Waals surface area contributed by atoms with Crippen molar-refractivity contribution in [3.63, 3.8) is 0 Å². The number of carbonyl (C=O) groups excluding carboxylic acids is 1. The van der Waals surface area contributed by atoms with E-state index in [9.17, 15) is 9.90 Å². The Balaban J connectivity index is 1.98. The zero-order valence-corrected chi connectivity index (χ0v) is 11.7. The van der Waals surface area contributed by atoms with Crippen LogP contribution in [0.5, 0.6) is 5.75 Å². The molecule has 0 aromatic heterocycles. The second-order valence-corrected chi connectivity index (χ2v) is 5.38. The molecule has 4 nitrogen and oxygen atoms in total. The van der Waals surface area contributed by atoms with Crippen LogP contribution in [-0.2, 0) is 0 Å². The summed E-state index contributed by atoms with van der Waals surface area (Å²) in [5.74, 6) is 0.895. The van der Waals surface area contributed by atoms with Crippen molar-refractivity contribution in [3.8, 4) is 5.75 Å². The molecule has 19 heavy (non-hydrogen) atoms. The molecule has 4 heteroatoms. The van der Waals surface area contributed by atoms with Crippen molar-refractivity contribution in [2.24, 2.45) is 5.92 Å². The van der Waals surface area contributed by atoms with E-state index in [0.717, 1.165) is 5.75 Å². The molecular formula is C15H21NO3. The van der Waals surface area contributed by atoms with Crippen molar-refractivity contribution in [3.05, 3.63) is 29.8 Å². The summed E-state index contributed by atoms with van der Waals surface area (Å²) in [5.41, 5.74) is -0.0877. The van der Waals surface area contributed by atoms with Gasteiger partial charge >= 0.3 is 0 Å². The first kappa shape index (κ1) is 13.9. The van der Waals surface area contributed by atoms with E-state index in [1.165, 1.54) is 0 Å². The Bertz CT molecular complexity index is 447. The third-order valence-corrected chi connectivity index (χ3v) is 3.70. The predicted octanol–water partition coefficient (Wildman–Crippen LogP) is 1.93. The Labute approximate surface area is 114 Å². The normalized spacial score (nSPS) is 17.2. The van der Waals surface area contributed by atoms with Gasteiger partial charge in [-0.1, -0.05) is 13.8 Å². The number of β-amino-alcohol motifs (C(OH)–C–C–N with tert-alkyl or cyclic N) is 1. The number of hydrogen-bond acceptors (Lipinski definition) is 3. The van der Waals surface area contributed by atoms with E-state index in [0.29, 0.717) is 25.3 Å². The van der Waals surface area contributed by atoms with Crippen molar-refractivity contribution >= 4 is 5.91 Å². The third-order valence-electron chi connectivity index (χ3n) is 3.70. The molecule has 1 fully saturated rings. The van der Waals surface area contributed by atoms with Gasteiger partial charge in [-0.15, -0.1) is 0 Å². The number of likely N-dealkylation sites (tertiary alicyclic amines) is 1. The number of rotatable bonds is 4. The van der Waals surface area contributed by atoms with Crippen LogP contribution < -0.4 is 4.74 Å². The summed E-state index contributed by atoms with van der Waals surface area (Å²) < 4.78 is 5.34. The molecular weight excluding hydrogens is 242 g/mol. The van der Waals surface area contributed by atoms with Crippen LogP contribution in [-0.4, -0.2) is 41.2 Å². The Morgan fingerprint density at radius 2 is 1.95 bits per heavy atom. The quantitative estimate of drug-likeness (QED) is 0.903. The van der Waals surface area contributed by atoms with Crippen LogP contribution in [0.4, 0.5) is 0 Å². The van der Waals surface area contributed by atoms with Gasteiger partial charge < -0.3 is 14.7 Å². The van der Waals surface area contributed by atoms with Gasteiger partial charge in [-0.05, 0) is 37.1 Å². The Kier molecular flexibility index (Phi) is 3.80. The topological polar surface area (TPSA) is 49.8 Å². The second kappa shape index (κ2) is 5.21. The zero-order chi connectivity index (χ0) is 14.0. The molecule has 1 amide bonds. The largest absolute Gasteiger partial charge is 0.494 e. The summed E-state index contributed by atoms with van der Waals surface area (Å²) in [4.78, 5) is 13.9. The minimum atomic E-state index is -0.721. The van der Waals surface area contributed by atoms with Gasteiger partial charge in [0.15, 0.2) is 0 Å². The lowest BCUT2D eigenvalue weighted by Gasteiger charge is -2.49. The van der Waals surface area contributed by atoms with Crippen molar-refractivity contribution in [2.75, 3.05) is 19.7 Å². The third kappa shape index (κ3) is 2.73. The fraction of sp³-hybridized carbons (Fsp3) is 0.533. The number of ether oxygens (including phenoxy) is 1. The minimum Gasteiger partial charge on any atom is -0.494 e. The lowest BCUT2D eigenvalue weighted by Crippen LogP contribution is -2.65. The van der Waals surface area contributed by atoms with Gasteiger partial charge in [0.2, 0.25) is 0 Å².